The zero-order valence-electron chi connectivity index (χ0n) is 11.0. The number of pyridine rings is 1. The quantitative estimate of drug-likeness (QED) is 0.934. The molecule has 1 aromatic carbocycles. The van der Waals surface area contributed by atoms with Crippen LogP contribution in [0, 0.1) is 0 Å². The van der Waals surface area contributed by atoms with E-state index in [1.54, 1.807) is 6.20 Å². The second-order valence-electron chi connectivity index (χ2n) is 4.62. The summed E-state index contributed by atoms with van der Waals surface area (Å²) in [6.07, 6.45) is 1.90. The van der Waals surface area contributed by atoms with Crippen LogP contribution in [0.1, 0.15) is 31.1 Å². The van der Waals surface area contributed by atoms with Crippen LogP contribution in [0.4, 0.5) is 0 Å². The van der Waals surface area contributed by atoms with Gasteiger partial charge in [-0.3, -0.25) is 4.98 Å². The van der Waals surface area contributed by atoms with Crippen LogP contribution in [0.25, 0.3) is 0 Å². The Balaban J connectivity index is 2.23. The van der Waals surface area contributed by atoms with Crippen molar-refractivity contribution < 1.29 is 4.74 Å². The number of aromatic nitrogens is 1. The molecule has 19 heavy (non-hydrogen) atoms. The van der Waals surface area contributed by atoms with Gasteiger partial charge in [0.05, 0.1) is 17.8 Å². The molecule has 0 saturated carbocycles. The predicted molar refractivity (Wildman–Crippen MR) is 80.2 cm³/mol. The Hall–Kier alpha value is -1.39. The zero-order chi connectivity index (χ0) is 13.8. The van der Waals surface area contributed by atoms with Crippen LogP contribution >= 0.6 is 15.9 Å². The fourth-order valence-electron chi connectivity index (χ4n) is 1.80. The Morgan fingerprint density at radius 3 is 2.63 bits per heavy atom. The number of ether oxygens (including phenoxy) is 1. The fraction of sp³-hybridized carbons (Fsp3) is 0.267. The Morgan fingerprint density at radius 2 is 2.00 bits per heavy atom. The second-order valence-corrected chi connectivity index (χ2v) is 5.53. The molecule has 1 atom stereocenters. The van der Waals surface area contributed by atoms with Crippen molar-refractivity contribution in [1.82, 2.24) is 4.98 Å². The Kier molecular flexibility index (Phi) is 4.56. The van der Waals surface area contributed by atoms with Crippen molar-refractivity contribution in [2.45, 2.75) is 26.0 Å². The lowest BCUT2D eigenvalue weighted by molar-refractivity contribution is 0.242. The van der Waals surface area contributed by atoms with Crippen LogP contribution < -0.4 is 10.5 Å². The van der Waals surface area contributed by atoms with Gasteiger partial charge in [-0.1, -0.05) is 12.1 Å². The average Bonchev–Trinajstić information content (AvgIpc) is 2.38. The summed E-state index contributed by atoms with van der Waals surface area (Å²) >= 11 is 3.37. The molecule has 0 aliphatic heterocycles. The van der Waals surface area contributed by atoms with Gasteiger partial charge in [-0.15, -0.1) is 0 Å². The first-order valence-corrected chi connectivity index (χ1v) is 6.99. The highest BCUT2D eigenvalue weighted by Gasteiger charge is 2.11. The molecule has 4 heteroatoms. The van der Waals surface area contributed by atoms with Crippen LogP contribution in [-0.2, 0) is 0 Å². The number of nitrogens with zero attached hydrogens (tertiary/aromatic N) is 1. The number of nitrogens with two attached hydrogens (primary N) is 1. The molecule has 0 spiro atoms. The average molecular weight is 321 g/mol. The highest BCUT2D eigenvalue weighted by molar-refractivity contribution is 9.10. The van der Waals surface area contributed by atoms with E-state index in [2.05, 4.69) is 20.9 Å². The Bertz CT molecular complexity index is 540. The van der Waals surface area contributed by atoms with E-state index < -0.39 is 0 Å². The lowest BCUT2D eigenvalue weighted by atomic mass is 10.0. The van der Waals surface area contributed by atoms with Gasteiger partial charge < -0.3 is 10.5 Å². The molecule has 0 radical (unpaired) electrons. The number of hydrogen-bond acceptors (Lipinski definition) is 3. The van der Waals surface area contributed by atoms with Gasteiger partial charge >= 0.3 is 0 Å². The number of hydrogen-bond donors (Lipinski definition) is 1. The first-order valence-electron chi connectivity index (χ1n) is 6.20. The monoisotopic (exact) mass is 320 g/mol. The Labute approximate surface area is 121 Å². The molecule has 0 bridgehead atoms. The molecular weight excluding hydrogens is 304 g/mol. The fourth-order valence-corrected chi connectivity index (χ4v) is 2.03. The van der Waals surface area contributed by atoms with Gasteiger partial charge in [-0.25, -0.2) is 0 Å². The van der Waals surface area contributed by atoms with Crippen molar-refractivity contribution in [2.75, 3.05) is 0 Å². The van der Waals surface area contributed by atoms with Gasteiger partial charge in [0.2, 0.25) is 0 Å². The summed E-state index contributed by atoms with van der Waals surface area (Å²) in [7, 11) is 0. The van der Waals surface area contributed by atoms with Crippen molar-refractivity contribution in [3.63, 3.8) is 0 Å². The minimum Gasteiger partial charge on any atom is -0.491 e. The molecule has 100 valence electrons. The normalized spacial score (nSPS) is 12.5. The molecule has 2 aromatic rings. The summed E-state index contributed by atoms with van der Waals surface area (Å²) in [5.74, 6) is 0.833. The van der Waals surface area contributed by atoms with Gasteiger partial charge in [0.15, 0.2) is 0 Å². The minimum atomic E-state index is -0.246. The molecule has 0 fully saturated rings. The van der Waals surface area contributed by atoms with Crippen molar-refractivity contribution in [3.8, 4) is 5.75 Å². The van der Waals surface area contributed by atoms with Crippen LogP contribution in [-0.4, -0.2) is 11.1 Å². The molecule has 3 nitrogen and oxygen atoms in total. The third kappa shape index (κ3) is 3.78. The third-order valence-electron chi connectivity index (χ3n) is 2.66. The summed E-state index contributed by atoms with van der Waals surface area (Å²) in [6, 6.07) is 11.5. The van der Waals surface area contributed by atoms with Gasteiger partial charge in [-0.2, -0.15) is 0 Å². The summed E-state index contributed by atoms with van der Waals surface area (Å²) in [4.78, 5) is 4.33. The molecule has 2 N–H and O–H groups in total. The van der Waals surface area contributed by atoms with Crippen LogP contribution in [0.15, 0.2) is 47.1 Å². The number of halogens is 1. The molecule has 2 rings (SSSR count). The maximum Gasteiger partial charge on any atom is 0.120 e. The summed E-state index contributed by atoms with van der Waals surface area (Å²) in [5, 5.41) is 0. The van der Waals surface area contributed by atoms with E-state index in [0.717, 1.165) is 21.5 Å². The molecule has 0 amide bonds. The maximum absolute atomic E-state index is 6.23. The van der Waals surface area contributed by atoms with Gasteiger partial charge in [-0.05, 0) is 59.6 Å². The van der Waals surface area contributed by atoms with Crippen molar-refractivity contribution in [1.29, 1.82) is 0 Å². The highest BCUT2D eigenvalue weighted by Crippen LogP contribution is 2.23. The molecule has 0 aliphatic carbocycles. The highest BCUT2D eigenvalue weighted by atomic mass is 79.9. The molecule has 1 heterocycles. The second kappa shape index (κ2) is 6.17. The first kappa shape index (κ1) is 14.0. The van der Waals surface area contributed by atoms with E-state index in [-0.39, 0.29) is 12.1 Å². The Morgan fingerprint density at radius 1 is 1.21 bits per heavy atom. The molecule has 1 unspecified atom stereocenters. The first-order chi connectivity index (χ1) is 9.06. The van der Waals surface area contributed by atoms with Gasteiger partial charge in [0.25, 0.3) is 0 Å². The van der Waals surface area contributed by atoms with E-state index in [1.807, 2.05) is 50.2 Å². The predicted octanol–water partition coefficient (Wildman–Crippen LogP) is 3.68. The van der Waals surface area contributed by atoms with E-state index in [0.29, 0.717) is 0 Å². The third-order valence-corrected chi connectivity index (χ3v) is 3.13. The molecular formula is C15H17BrN2O. The van der Waals surface area contributed by atoms with Crippen LogP contribution in [0.5, 0.6) is 5.75 Å². The lowest BCUT2D eigenvalue weighted by Crippen LogP contribution is -2.14. The van der Waals surface area contributed by atoms with Gasteiger partial charge in [0.1, 0.15) is 5.75 Å². The summed E-state index contributed by atoms with van der Waals surface area (Å²) in [5.41, 5.74) is 8.06. The number of benzene rings is 1. The minimum absolute atomic E-state index is 0.150. The van der Waals surface area contributed by atoms with Crippen molar-refractivity contribution >= 4 is 15.9 Å². The molecule has 0 saturated heterocycles. The molecule has 0 aliphatic rings. The van der Waals surface area contributed by atoms with Crippen LogP contribution in [0.3, 0.4) is 0 Å². The van der Waals surface area contributed by atoms with E-state index in [9.17, 15) is 0 Å². The van der Waals surface area contributed by atoms with E-state index in [1.165, 1.54) is 0 Å². The smallest absolute Gasteiger partial charge is 0.120 e. The van der Waals surface area contributed by atoms with Gasteiger partial charge in [0, 0.05) is 10.7 Å². The topological polar surface area (TPSA) is 48.1 Å². The van der Waals surface area contributed by atoms with Crippen molar-refractivity contribution in [3.05, 3.63) is 58.3 Å². The lowest BCUT2D eigenvalue weighted by Gasteiger charge is -2.15. The maximum atomic E-state index is 6.23. The van der Waals surface area contributed by atoms with Crippen LogP contribution in [0.2, 0.25) is 0 Å². The van der Waals surface area contributed by atoms with E-state index >= 15 is 0 Å². The number of rotatable bonds is 4. The SMILES string of the molecule is CC(C)Oc1cccc(C(N)c2ccc(Br)cn2)c1. The largest absolute Gasteiger partial charge is 0.491 e. The van der Waals surface area contributed by atoms with E-state index in [4.69, 9.17) is 10.5 Å². The van der Waals surface area contributed by atoms with Crippen molar-refractivity contribution in [2.24, 2.45) is 5.73 Å². The summed E-state index contributed by atoms with van der Waals surface area (Å²) < 4.78 is 6.62. The molecule has 1 aromatic heterocycles. The zero-order valence-corrected chi connectivity index (χ0v) is 12.6. The summed E-state index contributed by atoms with van der Waals surface area (Å²) in [6.45, 7) is 4.01. The standard InChI is InChI=1S/C15H17BrN2O/c1-10(2)19-13-5-3-4-11(8-13)15(17)14-7-6-12(16)9-18-14/h3-10,15H,17H2,1-2H3.